The zero-order valence-corrected chi connectivity index (χ0v) is 31.2. The van der Waals surface area contributed by atoms with Crippen LogP contribution < -0.4 is 5.32 Å². The number of hydrogen-bond donors (Lipinski definition) is 3. The zero-order chi connectivity index (χ0) is 33.8. The molecule has 0 aliphatic carbocycles. The summed E-state index contributed by atoms with van der Waals surface area (Å²) in [5.41, 5.74) is 0. The van der Waals surface area contributed by atoms with Crippen LogP contribution in [-0.4, -0.2) is 55.0 Å². The van der Waals surface area contributed by atoms with Crippen molar-refractivity contribution in [2.45, 2.75) is 200 Å². The highest BCUT2D eigenvalue weighted by Gasteiger charge is 2.24. The van der Waals surface area contributed by atoms with E-state index >= 15 is 0 Å². The number of phosphoric acid groups is 1. The van der Waals surface area contributed by atoms with Crippen LogP contribution in [0.3, 0.4) is 0 Å². The fourth-order valence-corrected chi connectivity index (χ4v) is 6.49. The molecule has 0 saturated carbocycles. The lowest BCUT2D eigenvalue weighted by Gasteiger charge is -2.20. The second-order valence-corrected chi connectivity index (χ2v) is 14.7. The standard InChI is InChI=1S/C37H76NO7P/c1-3-5-7-9-11-13-15-17-19-21-23-25-27-29-32-43-34-36(35-45-46(41,42)44-33-31-39)38-37(40)30-28-26-24-22-20-18-16-14-12-10-8-6-4-2/h36,39H,3-35H2,1-2H3,(H,38,40)(H,41,42)/t36-/m1/s1. The third kappa shape index (κ3) is 34.8. The summed E-state index contributed by atoms with van der Waals surface area (Å²) in [4.78, 5) is 22.4. The fourth-order valence-electron chi connectivity index (χ4n) is 5.74. The van der Waals surface area contributed by atoms with E-state index in [1.54, 1.807) is 0 Å². The van der Waals surface area contributed by atoms with Crippen LogP contribution in [0, 0.1) is 0 Å². The summed E-state index contributed by atoms with van der Waals surface area (Å²) in [5.74, 6) is -0.0965. The van der Waals surface area contributed by atoms with E-state index in [0.29, 0.717) is 13.0 Å². The van der Waals surface area contributed by atoms with Crippen LogP contribution >= 0.6 is 7.82 Å². The molecule has 0 aromatic carbocycles. The number of carbonyl (C=O) groups excluding carboxylic acids is 1. The molecule has 276 valence electrons. The Hall–Kier alpha value is -0.500. The number of carbonyl (C=O) groups is 1. The van der Waals surface area contributed by atoms with E-state index in [1.165, 1.54) is 141 Å². The fraction of sp³-hybridized carbons (Fsp3) is 0.973. The van der Waals surface area contributed by atoms with Gasteiger partial charge < -0.3 is 20.1 Å². The third-order valence-electron chi connectivity index (χ3n) is 8.62. The Morgan fingerprint density at radius 3 is 1.37 bits per heavy atom. The van der Waals surface area contributed by atoms with E-state index < -0.39 is 13.9 Å². The minimum absolute atomic E-state index is 0.0965. The molecule has 2 atom stereocenters. The van der Waals surface area contributed by atoms with Gasteiger partial charge in [0.1, 0.15) is 0 Å². The predicted molar refractivity (Wildman–Crippen MR) is 192 cm³/mol. The highest BCUT2D eigenvalue weighted by atomic mass is 31.2. The summed E-state index contributed by atoms with van der Waals surface area (Å²) < 4.78 is 27.7. The number of phosphoric ester groups is 1. The van der Waals surface area contributed by atoms with Gasteiger partial charge in [-0.15, -0.1) is 0 Å². The quantitative estimate of drug-likeness (QED) is 0.0440. The minimum Gasteiger partial charge on any atom is -0.394 e. The molecule has 0 saturated heterocycles. The molecule has 0 fully saturated rings. The van der Waals surface area contributed by atoms with Crippen molar-refractivity contribution in [2.75, 3.05) is 33.0 Å². The predicted octanol–water partition coefficient (Wildman–Crippen LogP) is 10.6. The van der Waals surface area contributed by atoms with Crippen LogP contribution in [0.1, 0.15) is 194 Å². The van der Waals surface area contributed by atoms with Gasteiger partial charge in [-0.1, -0.05) is 174 Å². The molecule has 1 unspecified atom stereocenters. The van der Waals surface area contributed by atoms with Gasteiger partial charge in [0.25, 0.3) is 0 Å². The molecule has 0 spiro atoms. The molecule has 3 N–H and O–H groups in total. The molecule has 0 aromatic heterocycles. The van der Waals surface area contributed by atoms with Crippen molar-refractivity contribution in [1.29, 1.82) is 0 Å². The minimum atomic E-state index is -4.30. The summed E-state index contributed by atoms with van der Waals surface area (Å²) in [6.45, 7) is 4.45. The largest absolute Gasteiger partial charge is 0.472 e. The molecule has 46 heavy (non-hydrogen) atoms. The molecule has 0 rings (SSSR count). The van der Waals surface area contributed by atoms with Crippen LogP contribution in [0.15, 0.2) is 0 Å². The van der Waals surface area contributed by atoms with E-state index in [1.807, 2.05) is 0 Å². The topological polar surface area (TPSA) is 114 Å². The zero-order valence-electron chi connectivity index (χ0n) is 30.3. The van der Waals surface area contributed by atoms with Crippen molar-refractivity contribution in [2.24, 2.45) is 0 Å². The van der Waals surface area contributed by atoms with Gasteiger partial charge in [-0.05, 0) is 12.8 Å². The molecule has 9 heteroatoms. The van der Waals surface area contributed by atoms with Gasteiger partial charge in [-0.2, -0.15) is 0 Å². The summed E-state index contributed by atoms with van der Waals surface area (Å²) >= 11 is 0. The van der Waals surface area contributed by atoms with Crippen LogP contribution in [0.2, 0.25) is 0 Å². The van der Waals surface area contributed by atoms with Gasteiger partial charge in [0.15, 0.2) is 0 Å². The second-order valence-electron chi connectivity index (χ2n) is 13.2. The normalized spacial score (nSPS) is 13.6. The number of hydrogen-bond acceptors (Lipinski definition) is 6. The van der Waals surface area contributed by atoms with E-state index in [0.717, 1.165) is 32.1 Å². The Morgan fingerprint density at radius 1 is 0.565 bits per heavy atom. The van der Waals surface area contributed by atoms with Gasteiger partial charge in [-0.25, -0.2) is 4.57 Å². The third-order valence-corrected chi connectivity index (χ3v) is 9.60. The molecule has 0 aliphatic heterocycles. The van der Waals surface area contributed by atoms with Crippen molar-refractivity contribution in [3.63, 3.8) is 0 Å². The average Bonchev–Trinajstić information content (AvgIpc) is 3.04. The molecule has 0 heterocycles. The molecule has 0 aromatic rings. The Bertz CT molecular complexity index is 682. The van der Waals surface area contributed by atoms with Gasteiger partial charge in [0, 0.05) is 13.0 Å². The lowest BCUT2D eigenvalue weighted by atomic mass is 10.0. The van der Waals surface area contributed by atoms with Crippen molar-refractivity contribution in [1.82, 2.24) is 5.32 Å². The Morgan fingerprint density at radius 2 is 0.957 bits per heavy atom. The summed E-state index contributed by atoms with van der Waals surface area (Å²) in [6.07, 6.45) is 34.9. The monoisotopic (exact) mass is 678 g/mol. The molecular weight excluding hydrogens is 601 g/mol. The second kappa shape index (κ2) is 35.8. The van der Waals surface area contributed by atoms with E-state index in [4.69, 9.17) is 18.9 Å². The number of amides is 1. The lowest BCUT2D eigenvalue weighted by molar-refractivity contribution is -0.122. The Labute approximate surface area is 284 Å². The number of aliphatic hydroxyl groups excluding tert-OH is 1. The van der Waals surface area contributed by atoms with E-state index in [-0.39, 0.29) is 32.3 Å². The summed E-state index contributed by atoms with van der Waals surface area (Å²) in [7, 11) is -4.30. The number of rotatable bonds is 38. The van der Waals surface area contributed by atoms with Crippen LogP contribution in [-0.2, 0) is 23.1 Å². The molecule has 0 bridgehead atoms. The maximum Gasteiger partial charge on any atom is 0.472 e. The molecule has 8 nitrogen and oxygen atoms in total. The molecule has 0 aliphatic rings. The Balaban J connectivity index is 4.04. The highest BCUT2D eigenvalue weighted by Crippen LogP contribution is 2.42. The smallest absolute Gasteiger partial charge is 0.394 e. The SMILES string of the molecule is CCCCCCCCCCCCCCCCOC[C@H](COP(=O)(O)OCCO)NC(=O)CCCCCCCCCCCCCCC. The maximum absolute atomic E-state index is 12.6. The number of aliphatic hydroxyl groups is 1. The molecule has 1 amide bonds. The summed E-state index contributed by atoms with van der Waals surface area (Å²) in [5, 5.41) is 11.8. The number of unbranched alkanes of at least 4 members (excludes halogenated alkanes) is 25. The average molecular weight is 678 g/mol. The van der Waals surface area contributed by atoms with Crippen LogP contribution in [0.5, 0.6) is 0 Å². The van der Waals surface area contributed by atoms with E-state index in [9.17, 15) is 14.3 Å². The van der Waals surface area contributed by atoms with Gasteiger partial charge in [-0.3, -0.25) is 13.8 Å². The Kier molecular flexibility index (Phi) is 35.4. The van der Waals surface area contributed by atoms with Crippen molar-refractivity contribution < 1.29 is 33.1 Å². The highest BCUT2D eigenvalue weighted by molar-refractivity contribution is 7.47. The van der Waals surface area contributed by atoms with Crippen molar-refractivity contribution in [3.05, 3.63) is 0 Å². The molecule has 0 radical (unpaired) electrons. The van der Waals surface area contributed by atoms with Crippen LogP contribution in [0.25, 0.3) is 0 Å². The number of nitrogens with one attached hydrogen (secondary N) is 1. The first kappa shape index (κ1) is 45.5. The van der Waals surface area contributed by atoms with Gasteiger partial charge >= 0.3 is 7.82 Å². The van der Waals surface area contributed by atoms with Crippen molar-refractivity contribution in [3.8, 4) is 0 Å². The lowest BCUT2D eigenvalue weighted by Crippen LogP contribution is -2.41. The van der Waals surface area contributed by atoms with Gasteiger partial charge in [0.05, 0.1) is 32.5 Å². The first-order chi connectivity index (χ1) is 22.4. The molecular formula is C37H76NO7P. The summed E-state index contributed by atoms with van der Waals surface area (Å²) in [6, 6.07) is -0.542. The van der Waals surface area contributed by atoms with Crippen molar-refractivity contribution >= 4 is 13.7 Å². The number of ether oxygens (including phenoxy) is 1. The van der Waals surface area contributed by atoms with E-state index in [2.05, 4.69) is 19.2 Å². The first-order valence-corrected chi connectivity index (χ1v) is 21.0. The van der Waals surface area contributed by atoms with Gasteiger partial charge in [0.2, 0.25) is 5.91 Å². The van der Waals surface area contributed by atoms with Crippen LogP contribution in [0.4, 0.5) is 0 Å². The first-order valence-electron chi connectivity index (χ1n) is 19.5. The maximum atomic E-state index is 12.6.